The zero-order valence-electron chi connectivity index (χ0n) is 12.4. The van der Waals surface area contributed by atoms with Crippen LogP contribution in [0.5, 0.6) is 0 Å². The van der Waals surface area contributed by atoms with Gasteiger partial charge in [-0.1, -0.05) is 22.8 Å². The molecule has 1 aromatic carbocycles. The number of nitrogens with one attached hydrogen (secondary N) is 2. The van der Waals surface area contributed by atoms with Crippen LogP contribution in [0.15, 0.2) is 41.2 Å². The Balaban J connectivity index is 1.97. The SMILES string of the molecule is Cc1cc(Nc2ncnc(Nc3cccc(Cl)c3)c2[N+](=O)[O-])no1. The third-order valence-electron chi connectivity index (χ3n) is 2.97. The molecule has 0 aliphatic rings. The van der Waals surface area contributed by atoms with Gasteiger partial charge >= 0.3 is 5.69 Å². The maximum atomic E-state index is 11.5. The van der Waals surface area contributed by atoms with Gasteiger partial charge in [-0.05, 0) is 25.1 Å². The lowest BCUT2D eigenvalue weighted by Crippen LogP contribution is -2.05. The summed E-state index contributed by atoms with van der Waals surface area (Å²) in [5.74, 6) is 0.891. The van der Waals surface area contributed by atoms with E-state index in [1.807, 2.05) is 0 Å². The molecule has 0 radical (unpaired) electrons. The van der Waals surface area contributed by atoms with E-state index in [0.29, 0.717) is 22.3 Å². The largest absolute Gasteiger partial charge is 0.360 e. The number of aryl methyl sites for hydroxylation is 1. The van der Waals surface area contributed by atoms with Gasteiger partial charge < -0.3 is 15.2 Å². The minimum Gasteiger partial charge on any atom is -0.360 e. The highest BCUT2D eigenvalue weighted by atomic mass is 35.5. The minimum absolute atomic E-state index is 0.00664. The monoisotopic (exact) mass is 346 g/mol. The highest BCUT2D eigenvalue weighted by Gasteiger charge is 2.24. The Bertz CT molecular complexity index is 898. The molecule has 0 aliphatic heterocycles. The zero-order valence-corrected chi connectivity index (χ0v) is 13.1. The van der Waals surface area contributed by atoms with E-state index in [1.165, 1.54) is 6.33 Å². The van der Waals surface area contributed by atoms with Crippen LogP contribution in [-0.4, -0.2) is 20.0 Å². The van der Waals surface area contributed by atoms with E-state index in [0.717, 1.165) is 0 Å². The second kappa shape index (κ2) is 6.50. The second-order valence-electron chi connectivity index (χ2n) is 4.76. The molecule has 24 heavy (non-hydrogen) atoms. The lowest BCUT2D eigenvalue weighted by atomic mass is 10.3. The first-order chi connectivity index (χ1) is 11.5. The number of halogens is 1. The van der Waals surface area contributed by atoms with Crippen molar-refractivity contribution < 1.29 is 9.45 Å². The van der Waals surface area contributed by atoms with Crippen LogP contribution in [-0.2, 0) is 0 Å². The van der Waals surface area contributed by atoms with Gasteiger partial charge in [0.15, 0.2) is 5.82 Å². The van der Waals surface area contributed by atoms with Crippen molar-refractivity contribution in [2.75, 3.05) is 10.6 Å². The molecule has 0 spiro atoms. The smallest absolute Gasteiger partial charge is 0.353 e. The lowest BCUT2D eigenvalue weighted by Gasteiger charge is -2.09. The summed E-state index contributed by atoms with van der Waals surface area (Å²) in [5.41, 5.74) is 0.241. The summed E-state index contributed by atoms with van der Waals surface area (Å²) in [7, 11) is 0. The number of hydrogen-bond donors (Lipinski definition) is 2. The number of hydrogen-bond acceptors (Lipinski definition) is 8. The van der Waals surface area contributed by atoms with E-state index < -0.39 is 4.92 Å². The summed E-state index contributed by atoms with van der Waals surface area (Å²) < 4.78 is 4.92. The number of nitrogens with zero attached hydrogens (tertiary/aromatic N) is 4. The number of benzene rings is 1. The van der Waals surface area contributed by atoms with Gasteiger partial charge in [-0.2, -0.15) is 0 Å². The molecular weight excluding hydrogens is 336 g/mol. The molecule has 0 unspecified atom stereocenters. The van der Waals surface area contributed by atoms with Crippen LogP contribution in [0, 0.1) is 17.0 Å². The molecular formula is C14H11ClN6O3. The van der Waals surface area contributed by atoms with Gasteiger partial charge in [0.05, 0.1) is 4.92 Å². The Morgan fingerprint density at radius 1 is 1.21 bits per heavy atom. The van der Waals surface area contributed by atoms with Crippen molar-refractivity contribution in [1.29, 1.82) is 0 Å². The summed E-state index contributed by atoms with van der Waals surface area (Å²) in [4.78, 5) is 18.7. The molecule has 2 aromatic heterocycles. The van der Waals surface area contributed by atoms with Crippen LogP contribution in [0.25, 0.3) is 0 Å². The van der Waals surface area contributed by atoms with E-state index in [1.54, 1.807) is 37.3 Å². The predicted octanol–water partition coefficient (Wildman–Crippen LogP) is 3.82. The van der Waals surface area contributed by atoms with Crippen molar-refractivity contribution in [3.8, 4) is 0 Å². The minimum atomic E-state index is -0.581. The summed E-state index contributed by atoms with van der Waals surface area (Å²) in [6, 6.07) is 8.35. The molecule has 10 heteroatoms. The van der Waals surface area contributed by atoms with E-state index >= 15 is 0 Å². The summed E-state index contributed by atoms with van der Waals surface area (Å²) >= 11 is 5.92. The molecule has 9 nitrogen and oxygen atoms in total. The number of rotatable bonds is 5. The average Bonchev–Trinajstić information content (AvgIpc) is 2.92. The van der Waals surface area contributed by atoms with E-state index in [9.17, 15) is 10.1 Å². The molecule has 0 bridgehead atoms. The first kappa shape index (κ1) is 15.7. The van der Waals surface area contributed by atoms with Crippen molar-refractivity contribution in [3.63, 3.8) is 0 Å². The average molecular weight is 347 g/mol. The quantitative estimate of drug-likeness (QED) is 0.528. The molecule has 0 saturated carbocycles. The standard InChI is InChI=1S/C14H11ClN6O3/c1-8-5-11(20-24-8)19-14-12(21(22)23)13(16-7-17-14)18-10-4-2-3-9(15)6-10/h2-7H,1H3,(H2,16,17,18,19,20). The molecule has 0 saturated heterocycles. The number of nitro groups is 1. The lowest BCUT2D eigenvalue weighted by molar-refractivity contribution is -0.383. The molecule has 3 rings (SSSR count). The first-order valence-corrected chi connectivity index (χ1v) is 7.13. The van der Waals surface area contributed by atoms with Gasteiger partial charge in [-0.15, -0.1) is 0 Å². The molecule has 0 fully saturated rings. The summed E-state index contributed by atoms with van der Waals surface area (Å²) in [6.45, 7) is 1.71. The van der Waals surface area contributed by atoms with E-state index in [-0.39, 0.29) is 17.3 Å². The van der Waals surface area contributed by atoms with Crippen molar-refractivity contribution in [1.82, 2.24) is 15.1 Å². The maximum absolute atomic E-state index is 11.5. The first-order valence-electron chi connectivity index (χ1n) is 6.75. The van der Waals surface area contributed by atoms with Crippen LogP contribution >= 0.6 is 11.6 Å². The van der Waals surface area contributed by atoms with Crippen LogP contribution < -0.4 is 10.6 Å². The molecule has 122 valence electrons. The van der Waals surface area contributed by atoms with Crippen molar-refractivity contribution in [2.24, 2.45) is 0 Å². The Morgan fingerprint density at radius 2 is 1.96 bits per heavy atom. The maximum Gasteiger partial charge on any atom is 0.353 e. The summed E-state index contributed by atoms with van der Waals surface area (Å²) in [6.07, 6.45) is 1.20. The number of anilines is 4. The van der Waals surface area contributed by atoms with Gasteiger partial charge in [-0.3, -0.25) is 10.1 Å². The van der Waals surface area contributed by atoms with Crippen molar-refractivity contribution >= 4 is 40.4 Å². The Morgan fingerprint density at radius 3 is 2.58 bits per heavy atom. The van der Waals surface area contributed by atoms with Crippen molar-refractivity contribution in [2.45, 2.75) is 6.92 Å². The van der Waals surface area contributed by atoms with Gasteiger partial charge in [-0.25, -0.2) is 9.97 Å². The van der Waals surface area contributed by atoms with Crippen molar-refractivity contribution in [3.05, 3.63) is 57.6 Å². The van der Waals surface area contributed by atoms with E-state index in [4.69, 9.17) is 16.1 Å². The van der Waals surface area contributed by atoms with Gasteiger partial charge in [0.2, 0.25) is 11.6 Å². The van der Waals surface area contributed by atoms with Gasteiger partial charge in [0, 0.05) is 16.8 Å². The molecule has 0 aliphatic carbocycles. The fourth-order valence-electron chi connectivity index (χ4n) is 1.98. The van der Waals surface area contributed by atoms with E-state index in [2.05, 4.69) is 25.8 Å². The Hall–Kier alpha value is -3.20. The molecule has 0 amide bonds. The third-order valence-corrected chi connectivity index (χ3v) is 3.20. The Kier molecular flexibility index (Phi) is 4.25. The van der Waals surface area contributed by atoms with Crippen LogP contribution in [0.2, 0.25) is 5.02 Å². The second-order valence-corrected chi connectivity index (χ2v) is 5.20. The zero-order chi connectivity index (χ0) is 17.1. The fourth-order valence-corrected chi connectivity index (χ4v) is 2.17. The third kappa shape index (κ3) is 3.41. The van der Waals surface area contributed by atoms with Gasteiger partial charge in [0.1, 0.15) is 12.1 Å². The number of aromatic nitrogens is 3. The fraction of sp³-hybridized carbons (Fsp3) is 0.0714. The molecule has 2 heterocycles. The highest BCUT2D eigenvalue weighted by molar-refractivity contribution is 6.30. The molecule has 0 atom stereocenters. The van der Waals surface area contributed by atoms with Gasteiger partial charge in [0.25, 0.3) is 0 Å². The topological polar surface area (TPSA) is 119 Å². The predicted molar refractivity (Wildman–Crippen MR) is 87.9 cm³/mol. The molecule has 3 aromatic rings. The molecule has 2 N–H and O–H groups in total. The van der Waals surface area contributed by atoms with Crippen LogP contribution in [0.4, 0.5) is 28.8 Å². The van der Waals surface area contributed by atoms with Crippen LogP contribution in [0.3, 0.4) is 0 Å². The highest BCUT2D eigenvalue weighted by Crippen LogP contribution is 2.33. The Labute approximate surface area is 140 Å². The normalized spacial score (nSPS) is 10.4. The van der Waals surface area contributed by atoms with Crippen LogP contribution in [0.1, 0.15) is 5.76 Å². The summed E-state index contributed by atoms with van der Waals surface area (Å²) in [5, 5.41) is 21.3.